The lowest BCUT2D eigenvalue weighted by Crippen LogP contribution is -2.36. The van der Waals surface area contributed by atoms with E-state index in [1.165, 1.54) is 0 Å². The molecule has 0 fully saturated rings. The van der Waals surface area contributed by atoms with Crippen LogP contribution in [0.4, 0.5) is 13.6 Å². The van der Waals surface area contributed by atoms with E-state index in [4.69, 9.17) is 9.47 Å². The topological polar surface area (TPSA) is 59.6 Å². The van der Waals surface area contributed by atoms with Crippen LogP contribution in [0.5, 0.6) is 11.5 Å². The maximum absolute atomic E-state index is 12.1. The summed E-state index contributed by atoms with van der Waals surface area (Å²) < 4.78 is 34.8. The SMILES string of the molecule is O=C(NCCCOc1ccccc1)NCc1cccc(OCC(F)F)c1. The van der Waals surface area contributed by atoms with Gasteiger partial charge in [0.2, 0.25) is 0 Å². The van der Waals surface area contributed by atoms with Crippen molar-refractivity contribution >= 4 is 6.03 Å². The van der Waals surface area contributed by atoms with Crippen molar-refractivity contribution in [2.24, 2.45) is 0 Å². The van der Waals surface area contributed by atoms with Crippen molar-refractivity contribution in [1.29, 1.82) is 0 Å². The molecule has 0 saturated heterocycles. The summed E-state index contributed by atoms with van der Waals surface area (Å²) in [5, 5.41) is 5.44. The van der Waals surface area contributed by atoms with E-state index in [2.05, 4.69) is 10.6 Å². The molecule has 2 rings (SSSR count). The van der Waals surface area contributed by atoms with Gasteiger partial charge in [0, 0.05) is 13.1 Å². The summed E-state index contributed by atoms with van der Waals surface area (Å²) in [6.45, 7) is 0.616. The van der Waals surface area contributed by atoms with Gasteiger partial charge in [0.1, 0.15) is 18.1 Å². The Hall–Kier alpha value is -2.83. The Labute approximate surface area is 151 Å². The summed E-state index contributed by atoms with van der Waals surface area (Å²) in [7, 11) is 0. The zero-order chi connectivity index (χ0) is 18.6. The smallest absolute Gasteiger partial charge is 0.315 e. The van der Waals surface area contributed by atoms with Gasteiger partial charge >= 0.3 is 6.03 Å². The number of carbonyl (C=O) groups is 1. The minimum absolute atomic E-state index is 0.276. The van der Waals surface area contributed by atoms with Crippen LogP contribution >= 0.6 is 0 Å². The molecule has 0 bridgehead atoms. The van der Waals surface area contributed by atoms with E-state index >= 15 is 0 Å². The highest BCUT2D eigenvalue weighted by molar-refractivity contribution is 5.73. The normalized spacial score (nSPS) is 10.4. The third-order valence-corrected chi connectivity index (χ3v) is 3.35. The van der Waals surface area contributed by atoms with Crippen molar-refractivity contribution in [3.05, 3.63) is 60.2 Å². The lowest BCUT2D eigenvalue weighted by atomic mass is 10.2. The summed E-state index contributed by atoms with van der Waals surface area (Å²) in [6, 6.07) is 15.8. The largest absolute Gasteiger partial charge is 0.494 e. The fourth-order valence-electron chi connectivity index (χ4n) is 2.13. The predicted octanol–water partition coefficient (Wildman–Crippen LogP) is 3.60. The number of carbonyl (C=O) groups excluding carboxylic acids is 1. The highest BCUT2D eigenvalue weighted by Crippen LogP contribution is 2.14. The van der Waals surface area contributed by atoms with E-state index < -0.39 is 13.0 Å². The first-order valence-electron chi connectivity index (χ1n) is 8.33. The summed E-state index contributed by atoms with van der Waals surface area (Å²) in [6.07, 6.45) is -1.84. The van der Waals surface area contributed by atoms with Crippen LogP contribution in [0, 0.1) is 0 Å². The average molecular weight is 364 g/mol. The lowest BCUT2D eigenvalue weighted by molar-refractivity contribution is 0.0818. The number of urea groups is 1. The van der Waals surface area contributed by atoms with E-state index in [0.29, 0.717) is 25.3 Å². The minimum atomic E-state index is -2.52. The molecule has 0 saturated carbocycles. The van der Waals surface area contributed by atoms with Gasteiger partial charge in [-0.2, -0.15) is 0 Å². The molecule has 0 heterocycles. The molecular formula is C19H22F2N2O3. The number of rotatable bonds is 10. The summed E-state index contributed by atoms with van der Waals surface area (Å²) in [5.41, 5.74) is 0.763. The average Bonchev–Trinajstić information content (AvgIpc) is 2.65. The molecule has 0 aliphatic heterocycles. The first-order valence-corrected chi connectivity index (χ1v) is 8.33. The number of alkyl halides is 2. The first-order chi connectivity index (χ1) is 12.6. The van der Waals surface area contributed by atoms with Crippen LogP contribution in [0.2, 0.25) is 0 Å². The molecule has 2 aromatic rings. The number of halogens is 2. The van der Waals surface area contributed by atoms with Crippen molar-refractivity contribution in [2.45, 2.75) is 19.4 Å². The minimum Gasteiger partial charge on any atom is -0.494 e. The van der Waals surface area contributed by atoms with Gasteiger partial charge in [-0.05, 0) is 36.2 Å². The number of nitrogens with one attached hydrogen (secondary N) is 2. The Kier molecular flexibility index (Phi) is 8.18. The zero-order valence-electron chi connectivity index (χ0n) is 14.3. The highest BCUT2D eigenvalue weighted by atomic mass is 19.3. The lowest BCUT2D eigenvalue weighted by Gasteiger charge is -2.10. The number of hydrogen-bond donors (Lipinski definition) is 2. The standard InChI is InChI=1S/C19H22F2N2O3/c20-18(21)14-26-17-9-4-6-15(12-17)13-23-19(24)22-10-5-11-25-16-7-2-1-3-8-16/h1-4,6-9,12,18H,5,10-11,13-14H2,(H2,22,23,24). The summed E-state index contributed by atoms with van der Waals surface area (Å²) >= 11 is 0. The van der Waals surface area contributed by atoms with Gasteiger partial charge in [-0.3, -0.25) is 0 Å². The van der Waals surface area contributed by atoms with Crippen molar-refractivity contribution in [3.63, 3.8) is 0 Å². The van der Waals surface area contributed by atoms with E-state index in [-0.39, 0.29) is 12.6 Å². The fourth-order valence-corrected chi connectivity index (χ4v) is 2.13. The summed E-state index contributed by atoms with van der Waals surface area (Å²) in [4.78, 5) is 11.8. The van der Waals surface area contributed by atoms with Gasteiger partial charge in [0.25, 0.3) is 6.43 Å². The van der Waals surface area contributed by atoms with Crippen LogP contribution in [0.25, 0.3) is 0 Å². The molecular weight excluding hydrogens is 342 g/mol. The molecule has 0 aromatic heterocycles. The molecule has 5 nitrogen and oxygen atoms in total. The molecule has 7 heteroatoms. The molecule has 0 aliphatic rings. The van der Waals surface area contributed by atoms with Crippen LogP contribution in [0.15, 0.2) is 54.6 Å². The fraction of sp³-hybridized carbons (Fsp3) is 0.316. The molecule has 2 aromatic carbocycles. The van der Waals surface area contributed by atoms with Gasteiger partial charge in [-0.1, -0.05) is 30.3 Å². The van der Waals surface area contributed by atoms with Gasteiger partial charge in [0.15, 0.2) is 0 Å². The van der Waals surface area contributed by atoms with Gasteiger partial charge < -0.3 is 20.1 Å². The Morgan fingerprint density at radius 1 is 0.962 bits per heavy atom. The third kappa shape index (κ3) is 7.83. The van der Waals surface area contributed by atoms with Crippen molar-refractivity contribution in [3.8, 4) is 11.5 Å². The maximum Gasteiger partial charge on any atom is 0.315 e. The Morgan fingerprint density at radius 3 is 2.50 bits per heavy atom. The number of benzene rings is 2. The Morgan fingerprint density at radius 2 is 1.73 bits per heavy atom. The zero-order valence-corrected chi connectivity index (χ0v) is 14.3. The first kappa shape index (κ1) is 19.5. The molecule has 0 spiro atoms. The van der Waals surface area contributed by atoms with Crippen molar-refractivity contribution in [1.82, 2.24) is 10.6 Å². The van der Waals surface area contributed by atoms with E-state index in [1.807, 2.05) is 30.3 Å². The Balaban J connectivity index is 1.60. The van der Waals surface area contributed by atoms with Crippen LogP contribution in [-0.2, 0) is 6.54 Å². The Bertz CT molecular complexity index is 669. The van der Waals surface area contributed by atoms with Gasteiger partial charge in [-0.25, -0.2) is 13.6 Å². The molecule has 26 heavy (non-hydrogen) atoms. The van der Waals surface area contributed by atoms with E-state index in [1.54, 1.807) is 24.3 Å². The second kappa shape index (κ2) is 10.9. The quantitative estimate of drug-likeness (QED) is 0.634. The number of amides is 2. The molecule has 2 N–H and O–H groups in total. The van der Waals surface area contributed by atoms with E-state index in [0.717, 1.165) is 11.3 Å². The number of ether oxygens (including phenoxy) is 2. The predicted molar refractivity (Wildman–Crippen MR) is 94.7 cm³/mol. The molecule has 2 amide bonds. The van der Waals surface area contributed by atoms with Crippen molar-refractivity contribution < 1.29 is 23.0 Å². The monoisotopic (exact) mass is 364 g/mol. The number of para-hydroxylation sites is 1. The van der Waals surface area contributed by atoms with Crippen molar-refractivity contribution in [2.75, 3.05) is 19.8 Å². The molecule has 0 atom stereocenters. The van der Waals surface area contributed by atoms with Crippen LogP contribution in [-0.4, -0.2) is 32.2 Å². The van der Waals surface area contributed by atoms with Crippen LogP contribution in [0.3, 0.4) is 0 Å². The highest BCUT2D eigenvalue weighted by Gasteiger charge is 2.05. The van der Waals surface area contributed by atoms with Gasteiger partial charge in [0.05, 0.1) is 6.61 Å². The second-order valence-corrected chi connectivity index (χ2v) is 5.47. The summed E-state index contributed by atoms with van der Waals surface area (Å²) in [5.74, 6) is 1.15. The maximum atomic E-state index is 12.1. The molecule has 0 unspecified atom stereocenters. The molecule has 0 aliphatic carbocycles. The second-order valence-electron chi connectivity index (χ2n) is 5.47. The van der Waals surface area contributed by atoms with Crippen LogP contribution in [0.1, 0.15) is 12.0 Å². The number of hydrogen-bond acceptors (Lipinski definition) is 3. The molecule has 140 valence electrons. The van der Waals surface area contributed by atoms with Gasteiger partial charge in [-0.15, -0.1) is 0 Å². The molecule has 0 radical (unpaired) electrons. The van der Waals surface area contributed by atoms with E-state index in [9.17, 15) is 13.6 Å². The van der Waals surface area contributed by atoms with Crippen LogP contribution < -0.4 is 20.1 Å². The third-order valence-electron chi connectivity index (χ3n) is 3.35.